The average Bonchev–Trinajstić information content (AvgIpc) is 2.65. The SMILES string of the molecule is Clc1cc2cc3c(cc2cc1Cl)/C=C/c1cc2cc(Cl)c(Cl)cc2cc1/C=C\3. The lowest BCUT2D eigenvalue weighted by Crippen LogP contribution is -1.89. The van der Waals surface area contributed by atoms with Crippen LogP contribution in [0, 0.1) is 0 Å². The molecule has 0 fully saturated rings. The Morgan fingerprint density at radius 2 is 0.536 bits per heavy atom. The van der Waals surface area contributed by atoms with Crippen LogP contribution in [0.15, 0.2) is 48.5 Å². The molecule has 0 bridgehead atoms. The summed E-state index contributed by atoms with van der Waals surface area (Å²) in [5, 5.41) is 6.50. The molecule has 1 aliphatic rings. The van der Waals surface area contributed by atoms with Crippen molar-refractivity contribution >= 4 is 92.3 Å². The van der Waals surface area contributed by atoms with Crippen molar-refractivity contribution in [2.24, 2.45) is 0 Å². The van der Waals surface area contributed by atoms with Crippen molar-refractivity contribution in [3.05, 3.63) is 90.9 Å². The Kier molecular flexibility index (Phi) is 4.41. The lowest BCUT2D eigenvalue weighted by Gasteiger charge is -2.12. The molecule has 4 aromatic carbocycles. The summed E-state index contributed by atoms with van der Waals surface area (Å²) in [7, 11) is 0. The second-order valence-corrected chi connectivity index (χ2v) is 8.48. The first kappa shape index (κ1) is 18.1. The molecule has 0 aliphatic heterocycles. The number of benzene rings is 4. The third-order valence-corrected chi connectivity index (χ3v) is 6.49. The van der Waals surface area contributed by atoms with Crippen molar-refractivity contribution in [3.63, 3.8) is 0 Å². The van der Waals surface area contributed by atoms with E-state index in [0.717, 1.165) is 43.8 Å². The van der Waals surface area contributed by atoms with Crippen molar-refractivity contribution in [1.82, 2.24) is 0 Å². The van der Waals surface area contributed by atoms with Gasteiger partial charge in [0, 0.05) is 0 Å². The topological polar surface area (TPSA) is 0 Å². The second-order valence-electron chi connectivity index (χ2n) is 6.86. The zero-order valence-electron chi connectivity index (χ0n) is 14.4. The Balaban J connectivity index is 1.70. The molecular weight excluding hydrogens is 430 g/mol. The van der Waals surface area contributed by atoms with Gasteiger partial charge in [-0.2, -0.15) is 0 Å². The third kappa shape index (κ3) is 3.11. The summed E-state index contributed by atoms with van der Waals surface area (Å²) in [4.78, 5) is 0. The van der Waals surface area contributed by atoms with E-state index in [1.165, 1.54) is 0 Å². The summed E-state index contributed by atoms with van der Waals surface area (Å²) in [5.41, 5.74) is 4.51. The van der Waals surface area contributed by atoms with E-state index in [2.05, 4.69) is 48.6 Å². The van der Waals surface area contributed by atoms with Crippen molar-refractivity contribution in [2.75, 3.05) is 0 Å². The number of hydrogen-bond acceptors (Lipinski definition) is 0. The fourth-order valence-electron chi connectivity index (χ4n) is 3.60. The standard InChI is InChI=1S/C24H12Cl4/c25-21-9-17-5-13-1-2-14-6-18-10-22(26)24(28)12-20(18)8-16(14)4-3-15(13)7-19(17)11-23(21)27/h1-12H/b2-1-,4-3+,13-1?,14-2?,15-3?,16-4?. The van der Waals surface area contributed by atoms with Crippen LogP contribution in [0.1, 0.15) is 22.3 Å². The Hall–Kier alpha value is -1.96. The van der Waals surface area contributed by atoms with E-state index in [1.807, 2.05) is 24.3 Å². The molecule has 4 aromatic rings. The van der Waals surface area contributed by atoms with Crippen LogP contribution in [0.4, 0.5) is 0 Å². The van der Waals surface area contributed by atoms with Gasteiger partial charge >= 0.3 is 0 Å². The summed E-state index contributed by atoms with van der Waals surface area (Å²) >= 11 is 24.8. The number of fused-ring (bicyclic) bond motifs is 4. The van der Waals surface area contributed by atoms with Gasteiger partial charge in [0.1, 0.15) is 0 Å². The van der Waals surface area contributed by atoms with E-state index in [4.69, 9.17) is 46.4 Å². The van der Waals surface area contributed by atoms with E-state index in [-0.39, 0.29) is 0 Å². The Labute approximate surface area is 182 Å². The van der Waals surface area contributed by atoms with Gasteiger partial charge in [0.2, 0.25) is 0 Å². The minimum Gasteiger partial charge on any atom is -0.0827 e. The first-order valence-electron chi connectivity index (χ1n) is 8.70. The Bertz CT molecular complexity index is 1140. The zero-order chi connectivity index (χ0) is 19.4. The highest BCUT2D eigenvalue weighted by Gasteiger charge is 2.09. The first-order valence-corrected chi connectivity index (χ1v) is 10.2. The first-order chi connectivity index (χ1) is 13.5. The van der Waals surface area contributed by atoms with Gasteiger partial charge in [0.25, 0.3) is 0 Å². The van der Waals surface area contributed by atoms with Crippen LogP contribution < -0.4 is 0 Å². The maximum atomic E-state index is 6.19. The van der Waals surface area contributed by atoms with E-state index in [0.29, 0.717) is 20.1 Å². The zero-order valence-corrected chi connectivity index (χ0v) is 17.5. The van der Waals surface area contributed by atoms with Crippen molar-refractivity contribution in [1.29, 1.82) is 0 Å². The molecule has 0 heterocycles. The minimum absolute atomic E-state index is 0.562. The smallest absolute Gasteiger partial charge is 0.0598 e. The normalized spacial score (nSPS) is 15.0. The van der Waals surface area contributed by atoms with Gasteiger partial charge in [-0.05, 0) is 92.3 Å². The maximum absolute atomic E-state index is 6.19. The van der Waals surface area contributed by atoms with E-state index >= 15 is 0 Å². The number of hydrogen-bond donors (Lipinski definition) is 0. The van der Waals surface area contributed by atoms with Gasteiger partial charge in [-0.15, -0.1) is 0 Å². The van der Waals surface area contributed by atoms with Crippen LogP contribution in [-0.2, 0) is 0 Å². The number of halogens is 4. The van der Waals surface area contributed by atoms with Crippen molar-refractivity contribution in [3.8, 4) is 0 Å². The lowest BCUT2D eigenvalue weighted by atomic mass is 9.94. The van der Waals surface area contributed by atoms with E-state index < -0.39 is 0 Å². The molecule has 5 rings (SSSR count). The van der Waals surface area contributed by atoms with Gasteiger partial charge < -0.3 is 0 Å². The van der Waals surface area contributed by atoms with Gasteiger partial charge in [0.05, 0.1) is 20.1 Å². The summed E-state index contributed by atoms with van der Waals surface area (Å²) in [6, 6.07) is 16.2. The highest BCUT2D eigenvalue weighted by atomic mass is 35.5. The van der Waals surface area contributed by atoms with Crippen molar-refractivity contribution < 1.29 is 0 Å². The Morgan fingerprint density at radius 1 is 0.321 bits per heavy atom. The third-order valence-electron chi connectivity index (χ3n) is 5.05. The molecule has 0 aromatic heterocycles. The molecule has 0 unspecified atom stereocenters. The fraction of sp³-hybridized carbons (Fsp3) is 0. The predicted octanol–water partition coefficient (Wildman–Crippen LogP) is 9.26. The van der Waals surface area contributed by atoms with Crippen LogP contribution in [-0.4, -0.2) is 0 Å². The molecule has 0 atom stereocenters. The predicted molar refractivity (Wildman–Crippen MR) is 126 cm³/mol. The van der Waals surface area contributed by atoms with Gasteiger partial charge in [-0.25, -0.2) is 0 Å². The molecule has 4 heteroatoms. The van der Waals surface area contributed by atoms with Crippen LogP contribution in [0.25, 0.3) is 45.8 Å². The fourth-order valence-corrected chi connectivity index (χ4v) is 4.28. The summed E-state index contributed by atoms with van der Waals surface area (Å²) in [5.74, 6) is 0. The molecule has 0 radical (unpaired) electrons. The second kappa shape index (κ2) is 6.83. The van der Waals surface area contributed by atoms with Crippen molar-refractivity contribution in [2.45, 2.75) is 0 Å². The monoisotopic (exact) mass is 440 g/mol. The highest BCUT2D eigenvalue weighted by Crippen LogP contribution is 2.34. The largest absolute Gasteiger partial charge is 0.0827 e. The average molecular weight is 442 g/mol. The molecule has 0 amide bonds. The summed E-state index contributed by atoms with van der Waals surface area (Å²) in [6.07, 6.45) is 8.51. The van der Waals surface area contributed by atoms with Crippen LogP contribution in [0.2, 0.25) is 20.1 Å². The quantitative estimate of drug-likeness (QED) is 0.224. The molecule has 0 saturated heterocycles. The highest BCUT2D eigenvalue weighted by molar-refractivity contribution is 6.43. The number of rotatable bonds is 0. The Morgan fingerprint density at radius 3 is 0.750 bits per heavy atom. The maximum Gasteiger partial charge on any atom is 0.0598 e. The molecule has 0 N–H and O–H groups in total. The minimum atomic E-state index is 0.562. The molecule has 0 spiro atoms. The molecule has 136 valence electrons. The molecule has 1 aliphatic carbocycles. The molecular formula is C24H12Cl4. The van der Waals surface area contributed by atoms with E-state index in [1.54, 1.807) is 0 Å². The van der Waals surface area contributed by atoms with Gasteiger partial charge in [0.15, 0.2) is 0 Å². The van der Waals surface area contributed by atoms with Gasteiger partial charge in [-0.1, -0.05) is 70.7 Å². The van der Waals surface area contributed by atoms with Crippen LogP contribution in [0.3, 0.4) is 0 Å². The molecule has 0 saturated carbocycles. The molecule has 0 nitrogen and oxygen atoms in total. The van der Waals surface area contributed by atoms with Crippen LogP contribution >= 0.6 is 46.4 Å². The summed E-state index contributed by atoms with van der Waals surface area (Å²) < 4.78 is 0. The van der Waals surface area contributed by atoms with E-state index in [9.17, 15) is 0 Å². The lowest BCUT2D eigenvalue weighted by molar-refractivity contribution is 1.62. The van der Waals surface area contributed by atoms with Crippen LogP contribution in [0.5, 0.6) is 0 Å². The molecule has 28 heavy (non-hydrogen) atoms. The van der Waals surface area contributed by atoms with Gasteiger partial charge in [-0.3, -0.25) is 0 Å². The summed E-state index contributed by atoms with van der Waals surface area (Å²) in [6.45, 7) is 0.